The maximum atomic E-state index is 13.5. The summed E-state index contributed by atoms with van der Waals surface area (Å²) < 4.78 is 0. The third-order valence-corrected chi connectivity index (χ3v) is 10.7. The molecule has 4 rings (SSSR count). The van der Waals surface area contributed by atoms with E-state index in [1.165, 1.54) is 0 Å². The van der Waals surface area contributed by atoms with Gasteiger partial charge in [-0.15, -0.1) is 0 Å². The Labute approximate surface area is 183 Å². The number of nitroso groups, excluding NO2 is 1. The van der Waals surface area contributed by atoms with Crippen LogP contribution in [0.15, 0.2) is 16.8 Å². The van der Waals surface area contributed by atoms with Gasteiger partial charge in [-0.1, -0.05) is 32.9 Å². The van der Waals surface area contributed by atoms with Gasteiger partial charge in [0.15, 0.2) is 5.78 Å². The number of ketones is 2. The van der Waals surface area contributed by atoms with Crippen LogP contribution in [0.5, 0.6) is 0 Å². The molecule has 6 heteroatoms. The van der Waals surface area contributed by atoms with Gasteiger partial charge in [0.2, 0.25) is 0 Å². The minimum Gasteiger partial charge on any atom is -0.385 e. The van der Waals surface area contributed by atoms with Crippen molar-refractivity contribution in [1.82, 2.24) is 0 Å². The van der Waals surface area contributed by atoms with Crippen LogP contribution < -0.4 is 0 Å². The normalized spacial score (nSPS) is 47.7. The highest BCUT2D eigenvalue weighted by Crippen LogP contribution is 2.69. The molecule has 0 heterocycles. The number of hydrogen-bond donors (Lipinski definition) is 1. The second kappa shape index (κ2) is 7.26. The van der Waals surface area contributed by atoms with Gasteiger partial charge in [-0.3, -0.25) is 9.59 Å². The molecule has 0 saturated heterocycles. The molecule has 166 valence electrons. The third-order valence-electron chi connectivity index (χ3n) is 9.80. The van der Waals surface area contributed by atoms with Crippen LogP contribution >= 0.6 is 11.8 Å². The van der Waals surface area contributed by atoms with Crippen molar-refractivity contribution in [1.29, 1.82) is 0 Å². The number of carbonyl (C=O) groups is 2. The van der Waals surface area contributed by atoms with Crippen LogP contribution in [0.25, 0.3) is 0 Å². The van der Waals surface area contributed by atoms with Crippen molar-refractivity contribution < 1.29 is 14.7 Å². The highest BCUT2D eigenvalue weighted by Gasteiger charge is 2.69. The van der Waals surface area contributed by atoms with E-state index in [1.807, 2.05) is 6.92 Å². The second-order valence-electron chi connectivity index (χ2n) is 10.8. The molecule has 0 amide bonds. The number of allylic oxidation sites excluding steroid dienone is 1. The van der Waals surface area contributed by atoms with Crippen LogP contribution in [0, 0.1) is 33.0 Å². The molecule has 7 atom stereocenters. The predicted octanol–water partition coefficient (Wildman–Crippen LogP) is 4.71. The van der Waals surface area contributed by atoms with Gasteiger partial charge >= 0.3 is 0 Å². The molecule has 0 aliphatic heterocycles. The van der Waals surface area contributed by atoms with E-state index in [2.05, 4.69) is 25.9 Å². The predicted molar refractivity (Wildman–Crippen MR) is 119 cm³/mol. The number of hydrogen-bond acceptors (Lipinski definition) is 6. The van der Waals surface area contributed by atoms with Crippen molar-refractivity contribution in [2.24, 2.45) is 33.3 Å². The lowest BCUT2D eigenvalue weighted by Gasteiger charge is -2.62. The van der Waals surface area contributed by atoms with Crippen LogP contribution in [-0.2, 0) is 9.59 Å². The van der Waals surface area contributed by atoms with Gasteiger partial charge in [0, 0.05) is 16.7 Å². The zero-order valence-electron chi connectivity index (χ0n) is 18.7. The van der Waals surface area contributed by atoms with Crippen molar-refractivity contribution in [2.45, 2.75) is 84.3 Å². The average Bonchev–Trinajstić information content (AvgIpc) is 2.99. The molecule has 3 fully saturated rings. The fraction of sp³-hybridized carbons (Fsp3) is 0.833. The first-order valence-corrected chi connectivity index (χ1v) is 12.6. The lowest BCUT2D eigenvalue weighted by Crippen LogP contribution is -2.62. The average molecular weight is 434 g/mol. The van der Waals surface area contributed by atoms with E-state index in [4.69, 9.17) is 0 Å². The van der Waals surface area contributed by atoms with Gasteiger partial charge in [0.1, 0.15) is 5.78 Å². The minimum atomic E-state index is -1.09. The van der Waals surface area contributed by atoms with Crippen molar-refractivity contribution in [3.05, 3.63) is 16.6 Å². The molecule has 4 aliphatic carbocycles. The Balaban J connectivity index is 1.73. The van der Waals surface area contributed by atoms with E-state index >= 15 is 0 Å². The monoisotopic (exact) mass is 433 g/mol. The number of fused-ring (bicyclic) bond motifs is 5. The highest BCUT2D eigenvalue weighted by atomic mass is 32.2. The van der Waals surface area contributed by atoms with E-state index in [-0.39, 0.29) is 34.9 Å². The number of Topliss-reactive ketones (excluding diaryl/α,β-unsaturated/α-hetero) is 1. The van der Waals surface area contributed by atoms with Gasteiger partial charge < -0.3 is 5.11 Å². The van der Waals surface area contributed by atoms with Gasteiger partial charge in [0.05, 0.1) is 17.4 Å². The van der Waals surface area contributed by atoms with Gasteiger partial charge in [-0.25, -0.2) is 0 Å². The minimum absolute atomic E-state index is 0.0265. The maximum absolute atomic E-state index is 13.5. The summed E-state index contributed by atoms with van der Waals surface area (Å²) in [5.41, 5.74) is -1.63. The van der Waals surface area contributed by atoms with Crippen molar-refractivity contribution in [2.75, 3.05) is 11.5 Å². The summed E-state index contributed by atoms with van der Waals surface area (Å²) in [6.07, 6.45) is 6.62. The van der Waals surface area contributed by atoms with Crippen LogP contribution in [0.3, 0.4) is 0 Å². The first kappa shape index (κ1) is 22.2. The molecule has 1 unspecified atom stereocenters. The summed E-state index contributed by atoms with van der Waals surface area (Å²) in [6.45, 7) is 8.32. The van der Waals surface area contributed by atoms with E-state index < -0.39 is 16.4 Å². The lowest BCUT2D eigenvalue weighted by atomic mass is 9.42. The largest absolute Gasteiger partial charge is 0.385 e. The Morgan fingerprint density at radius 1 is 1.17 bits per heavy atom. The van der Waals surface area contributed by atoms with Crippen molar-refractivity contribution in [3.63, 3.8) is 0 Å². The van der Waals surface area contributed by atoms with Crippen LogP contribution in [0.1, 0.15) is 72.6 Å². The summed E-state index contributed by atoms with van der Waals surface area (Å²) in [4.78, 5) is 37.7. The summed E-state index contributed by atoms with van der Waals surface area (Å²) in [5, 5.41) is 15.3. The smallest absolute Gasteiger partial charge is 0.162 e. The molecule has 0 radical (unpaired) electrons. The van der Waals surface area contributed by atoms with Gasteiger partial charge in [-0.2, -0.15) is 16.7 Å². The Bertz CT molecular complexity index is 811. The number of nitrogens with zero attached hydrogens (tertiary/aromatic N) is 1. The standard InChI is InChI=1S/C24H35NO4S/c1-5-30-14-19(26)17-8-11-24(28)18-12-20(27)23(4)13-15(25-29)6-9-21(23,2)16(18)7-10-22(17,24)3/h12,15-17,28H,5-11,13-14H2,1-4H3/t15-,16?,17+,21+,22+,23-,24+/m0/s1. The first-order chi connectivity index (χ1) is 14.1. The van der Waals surface area contributed by atoms with E-state index in [0.717, 1.165) is 30.6 Å². The molecular formula is C24H35NO4S. The molecule has 0 aromatic carbocycles. The number of rotatable bonds is 5. The van der Waals surface area contributed by atoms with Crippen LogP contribution in [0.2, 0.25) is 0 Å². The highest BCUT2D eigenvalue weighted by molar-refractivity contribution is 7.99. The van der Waals surface area contributed by atoms with E-state index in [9.17, 15) is 19.6 Å². The summed E-state index contributed by atoms with van der Waals surface area (Å²) >= 11 is 1.64. The Morgan fingerprint density at radius 2 is 1.87 bits per heavy atom. The molecular weight excluding hydrogens is 398 g/mol. The molecule has 0 bridgehead atoms. The molecule has 5 nitrogen and oxygen atoms in total. The SMILES string of the molecule is CCSCC(=O)[C@H]1CC[C@@]2(O)C3=CC(=O)[C@]4(C)C[C@@H](N=O)CC[C@]4(C)C3CC[C@]12C. The maximum Gasteiger partial charge on any atom is 0.162 e. The molecule has 1 N–H and O–H groups in total. The third kappa shape index (κ3) is 2.71. The topological polar surface area (TPSA) is 83.8 Å². The van der Waals surface area contributed by atoms with Crippen molar-refractivity contribution in [3.8, 4) is 0 Å². The quantitative estimate of drug-likeness (QED) is 0.635. The molecule has 0 aromatic rings. The Hall–Kier alpha value is -1.01. The zero-order valence-corrected chi connectivity index (χ0v) is 19.5. The molecule has 4 aliphatic rings. The summed E-state index contributed by atoms with van der Waals surface area (Å²) in [7, 11) is 0. The first-order valence-electron chi connectivity index (χ1n) is 11.5. The number of thioether (sulfide) groups is 1. The zero-order chi connectivity index (χ0) is 21.9. The fourth-order valence-electron chi connectivity index (χ4n) is 7.57. The van der Waals surface area contributed by atoms with E-state index in [1.54, 1.807) is 17.8 Å². The Kier molecular flexibility index (Phi) is 5.37. The molecule has 0 aromatic heterocycles. The molecule has 30 heavy (non-hydrogen) atoms. The number of aliphatic hydroxyl groups is 1. The summed E-state index contributed by atoms with van der Waals surface area (Å²) in [6, 6.07) is -0.302. The fourth-order valence-corrected chi connectivity index (χ4v) is 8.18. The van der Waals surface area contributed by atoms with Crippen LogP contribution in [0.4, 0.5) is 0 Å². The van der Waals surface area contributed by atoms with Crippen LogP contribution in [-0.4, -0.2) is 39.8 Å². The van der Waals surface area contributed by atoms with Gasteiger partial charge in [-0.05, 0) is 73.7 Å². The molecule has 0 spiro atoms. The second-order valence-corrected chi connectivity index (χ2v) is 12.1. The lowest BCUT2D eigenvalue weighted by molar-refractivity contribution is -0.153. The number of carbonyl (C=O) groups excluding carboxylic acids is 2. The molecule has 3 saturated carbocycles. The summed E-state index contributed by atoms with van der Waals surface area (Å²) in [5.74, 6) is 1.66. The van der Waals surface area contributed by atoms with E-state index in [0.29, 0.717) is 31.4 Å². The van der Waals surface area contributed by atoms with Gasteiger partial charge in [0.25, 0.3) is 0 Å². The van der Waals surface area contributed by atoms with Crippen molar-refractivity contribution >= 4 is 23.3 Å². The Morgan fingerprint density at radius 3 is 2.53 bits per heavy atom.